The number of carbonyl (C=O) groups is 1. The van der Waals surface area contributed by atoms with Crippen LogP contribution in [0.5, 0.6) is 0 Å². The minimum absolute atomic E-state index is 0.114. The van der Waals surface area contributed by atoms with Gasteiger partial charge in [-0.2, -0.15) is 5.10 Å². The van der Waals surface area contributed by atoms with Gasteiger partial charge in [-0.1, -0.05) is 12.1 Å². The van der Waals surface area contributed by atoms with Gasteiger partial charge < -0.3 is 5.32 Å². The number of aromatic nitrogens is 2. The maximum absolute atomic E-state index is 13.1. The van der Waals surface area contributed by atoms with Crippen molar-refractivity contribution in [2.75, 3.05) is 5.32 Å². The van der Waals surface area contributed by atoms with Crippen LogP contribution in [0.15, 0.2) is 53.0 Å². The molecule has 0 atom stereocenters. The summed E-state index contributed by atoms with van der Waals surface area (Å²) in [5, 5.41) is 7.39. The predicted molar refractivity (Wildman–Crippen MR) is 99.5 cm³/mol. The van der Waals surface area contributed by atoms with Crippen LogP contribution < -0.4 is 5.32 Å². The van der Waals surface area contributed by atoms with E-state index in [-0.39, 0.29) is 18.1 Å². The smallest absolute Gasteiger partial charge is 0.228 e. The summed E-state index contributed by atoms with van der Waals surface area (Å²) in [6, 6.07) is 13.6. The second-order valence-electron chi connectivity index (χ2n) is 5.74. The summed E-state index contributed by atoms with van der Waals surface area (Å²) in [7, 11) is 0. The normalized spacial score (nSPS) is 10.7. The SMILES string of the molecule is Cc1nn(-c2ccc(F)cc2)c(C)c1CC(=O)Nc1ccccc1Br. The van der Waals surface area contributed by atoms with Crippen molar-refractivity contribution in [3.05, 3.63) is 75.8 Å². The van der Waals surface area contributed by atoms with Crippen LogP contribution in [0.3, 0.4) is 0 Å². The molecule has 0 aliphatic heterocycles. The van der Waals surface area contributed by atoms with E-state index in [9.17, 15) is 9.18 Å². The van der Waals surface area contributed by atoms with Crippen LogP contribution in [0.25, 0.3) is 5.69 Å². The quantitative estimate of drug-likeness (QED) is 0.695. The van der Waals surface area contributed by atoms with Crippen LogP contribution in [-0.2, 0) is 11.2 Å². The Balaban J connectivity index is 1.82. The molecule has 0 aliphatic carbocycles. The fraction of sp³-hybridized carbons (Fsp3) is 0.158. The lowest BCUT2D eigenvalue weighted by atomic mass is 10.1. The molecule has 0 saturated heterocycles. The molecule has 0 bridgehead atoms. The van der Waals surface area contributed by atoms with Crippen molar-refractivity contribution in [1.82, 2.24) is 9.78 Å². The van der Waals surface area contributed by atoms with Crippen LogP contribution in [0.1, 0.15) is 17.0 Å². The van der Waals surface area contributed by atoms with E-state index in [0.29, 0.717) is 0 Å². The average Bonchev–Trinajstić information content (AvgIpc) is 2.86. The molecule has 0 fully saturated rings. The van der Waals surface area contributed by atoms with Crippen LogP contribution in [0.2, 0.25) is 0 Å². The third-order valence-electron chi connectivity index (χ3n) is 4.00. The first kappa shape index (κ1) is 17.4. The number of amides is 1. The van der Waals surface area contributed by atoms with Gasteiger partial charge in [0, 0.05) is 15.7 Å². The van der Waals surface area contributed by atoms with Crippen molar-refractivity contribution in [2.45, 2.75) is 20.3 Å². The van der Waals surface area contributed by atoms with Gasteiger partial charge in [0.2, 0.25) is 5.91 Å². The number of aryl methyl sites for hydroxylation is 1. The lowest BCUT2D eigenvalue weighted by Crippen LogP contribution is -2.15. The lowest BCUT2D eigenvalue weighted by Gasteiger charge is -2.08. The standard InChI is InChI=1S/C19H17BrFN3O/c1-12-16(11-19(25)22-18-6-4-3-5-17(18)20)13(2)24(23-12)15-9-7-14(21)8-10-15/h3-10H,11H2,1-2H3,(H,22,25). The predicted octanol–water partition coefficient (Wildman–Crippen LogP) is 4.57. The summed E-state index contributed by atoms with van der Waals surface area (Å²) >= 11 is 3.42. The third-order valence-corrected chi connectivity index (χ3v) is 4.69. The van der Waals surface area contributed by atoms with Gasteiger partial charge in [0.25, 0.3) is 0 Å². The molecule has 1 amide bonds. The number of para-hydroxylation sites is 1. The molecular formula is C19H17BrFN3O. The van der Waals surface area contributed by atoms with Crippen molar-refractivity contribution >= 4 is 27.5 Å². The summed E-state index contributed by atoms with van der Waals surface area (Å²) in [6.45, 7) is 3.78. The van der Waals surface area contributed by atoms with E-state index in [0.717, 1.165) is 32.8 Å². The largest absolute Gasteiger partial charge is 0.325 e. The number of nitrogens with zero attached hydrogens (tertiary/aromatic N) is 2. The topological polar surface area (TPSA) is 46.9 Å². The Hall–Kier alpha value is -2.47. The Morgan fingerprint density at radius 2 is 1.84 bits per heavy atom. The molecule has 1 heterocycles. The average molecular weight is 402 g/mol. The number of hydrogen-bond acceptors (Lipinski definition) is 2. The van der Waals surface area contributed by atoms with E-state index in [1.807, 2.05) is 38.1 Å². The molecule has 0 aliphatic rings. The number of carbonyl (C=O) groups excluding carboxylic acids is 1. The number of hydrogen-bond donors (Lipinski definition) is 1. The van der Waals surface area contributed by atoms with E-state index in [1.54, 1.807) is 16.8 Å². The first-order chi connectivity index (χ1) is 12.0. The monoisotopic (exact) mass is 401 g/mol. The van der Waals surface area contributed by atoms with Gasteiger partial charge >= 0.3 is 0 Å². The number of rotatable bonds is 4. The minimum Gasteiger partial charge on any atom is -0.325 e. The Labute approximate surface area is 153 Å². The molecule has 0 spiro atoms. The molecule has 0 radical (unpaired) electrons. The molecule has 6 heteroatoms. The molecule has 25 heavy (non-hydrogen) atoms. The Morgan fingerprint density at radius 1 is 1.16 bits per heavy atom. The lowest BCUT2D eigenvalue weighted by molar-refractivity contribution is -0.115. The van der Waals surface area contributed by atoms with Gasteiger partial charge in [0.05, 0.1) is 23.5 Å². The molecule has 4 nitrogen and oxygen atoms in total. The first-order valence-corrected chi connectivity index (χ1v) is 8.60. The third kappa shape index (κ3) is 3.79. The molecule has 0 saturated carbocycles. The highest BCUT2D eigenvalue weighted by Gasteiger charge is 2.16. The Kier molecular flexibility index (Phi) is 4.99. The summed E-state index contributed by atoms with van der Waals surface area (Å²) < 4.78 is 15.7. The van der Waals surface area contributed by atoms with Gasteiger partial charge in [0.15, 0.2) is 0 Å². The van der Waals surface area contributed by atoms with Crippen molar-refractivity contribution in [3.63, 3.8) is 0 Å². The highest BCUT2D eigenvalue weighted by Crippen LogP contribution is 2.23. The van der Waals surface area contributed by atoms with Crippen LogP contribution in [-0.4, -0.2) is 15.7 Å². The molecule has 1 N–H and O–H groups in total. The van der Waals surface area contributed by atoms with Gasteiger partial charge in [-0.15, -0.1) is 0 Å². The Morgan fingerprint density at radius 3 is 2.52 bits per heavy atom. The van der Waals surface area contributed by atoms with Gasteiger partial charge in [-0.25, -0.2) is 9.07 Å². The maximum atomic E-state index is 13.1. The fourth-order valence-corrected chi connectivity index (χ4v) is 3.07. The van der Waals surface area contributed by atoms with Crippen molar-refractivity contribution in [3.8, 4) is 5.69 Å². The summed E-state index contributed by atoms with van der Waals surface area (Å²) in [5.41, 5.74) is 4.01. The summed E-state index contributed by atoms with van der Waals surface area (Å²) in [6.07, 6.45) is 0.222. The van der Waals surface area contributed by atoms with E-state index in [2.05, 4.69) is 26.3 Å². The zero-order chi connectivity index (χ0) is 18.0. The molecule has 3 aromatic rings. The van der Waals surface area contributed by atoms with Gasteiger partial charge in [-0.05, 0) is 66.2 Å². The molecule has 2 aromatic carbocycles. The van der Waals surface area contributed by atoms with Crippen LogP contribution in [0.4, 0.5) is 10.1 Å². The van der Waals surface area contributed by atoms with Crippen molar-refractivity contribution < 1.29 is 9.18 Å². The summed E-state index contributed by atoms with van der Waals surface area (Å²) in [5.74, 6) is -0.407. The highest BCUT2D eigenvalue weighted by atomic mass is 79.9. The number of anilines is 1. The zero-order valence-electron chi connectivity index (χ0n) is 13.9. The van der Waals surface area contributed by atoms with Crippen LogP contribution >= 0.6 is 15.9 Å². The van der Waals surface area contributed by atoms with Crippen molar-refractivity contribution in [1.29, 1.82) is 0 Å². The zero-order valence-corrected chi connectivity index (χ0v) is 15.5. The molecule has 1 aromatic heterocycles. The van der Waals surface area contributed by atoms with Crippen LogP contribution in [0, 0.1) is 19.7 Å². The van der Waals surface area contributed by atoms with Crippen molar-refractivity contribution in [2.24, 2.45) is 0 Å². The number of nitrogens with one attached hydrogen (secondary N) is 1. The number of benzene rings is 2. The minimum atomic E-state index is -0.293. The first-order valence-electron chi connectivity index (χ1n) is 7.81. The second kappa shape index (κ2) is 7.19. The summed E-state index contributed by atoms with van der Waals surface area (Å²) in [4.78, 5) is 12.4. The molecular weight excluding hydrogens is 385 g/mol. The van der Waals surface area contributed by atoms with E-state index in [4.69, 9.17) is 0 Å². The second-order valence-corrected chi connectivity index (χ2v) is 6.60. The van der Waals surface area contributed by atoms with E-state index >= 15 is 0 Å². The molecule has 0 unspecified atom stereocenters. The molecule has 3 rings (SSSR count). The fourth-order valence-electron chi connectivity index (χ4n) is 2.68. The van der Waals surface area contributed by atoms with Gasteiger partial charge in [0.1, 0.15) is 5.82 Å². The van der Waals surface area contributed by atoms with E-state index in [1.165, 1.54) is 12.1 Å². The molecule has 128 valence electrons. The Bertz CT molecular complexity index is 919. The highest BCUT2D eigenvalue weighted by molar-refractivity contribution is 9.10. The van der Waals surface area contributed by atoms with E-state index < -0.39 is 0 Å². The van der Waals surface area contributed by atoms with Gasteiger partial charge in [-0.3, -0.25) is 4.79 Å². The number of halogens is 2. The maximum Gasteiger partial charge on any atom is 0.228 e.